The first-order valence-electron chi connectivity index (χ1n) is 11.4. The number of H-pyrrole nitrogens is 1. The van der Waals surface area contributed by atoms with Crippen LogP contribution in [0.2, 0.25) is 0 Å². The van der Waals surface area contributed by atoms with Crippen LogP contribution < -0.4 is 10.2 Å². The van der Waals surface area contributed by atoms with Gasteiger partial charge in [0.1, 0.15) is 17.0 Å². The third-order valence-corrected chi connectivity index (χ3v) is 6.85. The van der Waals surface area contributed by atoms with Crippen molar-refractivity contribution < 1.29 is 19.4 Å². The van der Waals surface area contributed by atoms with Gasteiger partial charge in [-0.3, -0.25) is 10.1 Å². The highest BCUT2D eigenvalue weighted by Crippen LogP contribution is 2.45. The van der Waals surface area contributed by atoms with Crippen LogP contribution in [0.5, 0.6) is 5.75 Å². The lowest BCUT2D eigenvalue weighted by molar-refractivity contribution is 0.0635. The van der Waals surface area contributed by atoms with Crippen molar-refractivity contribution in [2.75, 3.05) is 22.1 Å². The molecule has 0 bridgehead atoms. The van der Waals surface area contributed by atoms with Crippen LogP contribution in [-0.2, 0) is 4.74 Å². The molecule has 1 aliphatic heterocycles. The van der Waals surface area contributed by atoms with Crippen LogP contribution in [0.1, 0.15) is 42.7 Å². The molecule has 35 heavy (non-hydrogen) atoms. The van der Waals surface area contributed by atoms with Gasteiger partial charge in [-0.25, -0.2) is 4.79 Å². The Kier molecular flexibility index (Phi) is 5.71. The number of aromatic amines is 1. The first-order valence-corrected chi connectivity index (χ1v) is 12.5. The number of carbonyl (C=O) groups excluding carboxylic acids is 2. The number of rotatable bonds is 3. The van der Waals surface area contributed by atoms with E-state index in [1.165, 1.54) is 0 Å². The number of nitrogens with zero attached hydrogens (tertiary/aromatic N) is 1. The number of nitrogens with one attached hydrogen (secondary N) is 2. The number of hydrogen-bond donors (Lipinski definition) is 3. The summed E-state index contributed by atoms with van der Waals surface area (Å²) in [4.78, 5) is 30.7. The first-order chi connectivity index (χ1) is 16.6. The highest BCUT2D eigenvalue weighted by molar-refractivity contribution is 9.09. The standard InChI is InChI=1S/C27H26BrN3O4/c1-27(2,3)35-26(34)29-17-8-9-20-15(10-17)11-21(30-20)25(33)31-14-16(13-28)24-19-7-5-4-6-18(19)23(32)12-22(24)31/h4-12,16,30,32H,13-14H2,1-3H3,(H,29,34)/t16-/m1/s1. The summed E-state index contributed by atoms with van der Waals surface area (Å²) < 4.78 is 5.32. The number of hydrogen-bond acceptors (Lipinski definition) is 4. The van der Waals surface area contributed by atoms with E-state index in [-0.39, 0.29) is 17.6 Å². The van der Waals surface area contributed by atoms with Gasteiger partial charge in [0.2, 0.25) is 0 Å². The monoisotopic (exact) mass is 535 g/mol. The van der Waals surface area contributed by atoms with E-state index in [4.69, 9.17) is 4.74 Å². The Morgan fingerprint density at radius 1 is 1.14 bits per heavy atom. The second-order valence-corrected chi connectivity index (χ2v) is 10.4. The van der Waals surface area contributed by atoms with E-state index < -0.39 is 11.7 Å². The third kappa shape index (κ3) is 4.34. The van der Waals surface area contributed by atoms with Crippen molar-refractivity contribution in [3.63, 3.8) is 0 Å². The number of fused-ring (bicyclic) bond motifs is 4. The molecule has 0 radical (unpaired) electrons. The van der Waals surface area contributed by atoms with Crippen molar-refractivity contribution in [3.05, 3.63) is 65.9 Å². The molecule has 1 aliphatic rings. The number of benzene rings is 3. The SMILES string of the molecule is CC(C)(C)OC(=O)Nc1ccc2[nH]c(C(=O)N3C[C@@H](CBr)c4c3cc(O)c3ccccc43)cc2c1. The number of anilines is 2. The van der Waals surface area contributed by atoms with Gasteiger partial charge in [-0.15, -0.1) is 0 Å². The Balaban J connectivity index is 1.47. The molecule has 1 atom stereocenters. The van der Waals surface area contributed by atoms with Gasteiger partial charge in [-0.1, -0.05) is 40.2 Å². The summed E-state index contributed by atoms with van der Waals surface area (Å²) >= 11 is 3.60. The van der Waals surface area contributed by atoms with E-state index in [0.717, 1.165) is 32.9 Å². The zero-order chi connectivity index (χ0) is 24.9. The minimum atomic E-state index is -0.597. The second kappa shape index (κ2) is 8.61. The Morgan fingerprint density at radius 3 is 2.60 bits per heavy atom. The predicted octanol–water partition coefficient (Wildman–Crippen LogP) is 6.51. The number of phenols is 1. The Morgan fingerprint density at radius 2 is 1.89 bits per heavy atom. The molecule has 180 valence electrons. The number of aromatic nitrogens is 1. The van der Waals surface area contributed by atoms with Crippen molar-refractivity contribution in [1.82, 2.24) is 4.98 Å². The van der Waals surface area contributed by atoms with Crippen molar-refractivity contribution in [3.8, 4) is 5.75 Å². The fourth-order valence-electron chi connectivity index (χ4n) is 4.64. The predicted molar refractivity (Wildman–Crippen MR) is 142 cm³/mol. The topological polar surface area (TPSA) is 94.7 Å². The zero-order valence-corrected chi connectivity index (χ0v) is 21.3. The molecule has 0 aliphatic carbocycles. The summed E-state index contributed by atoms with van der Waals surface area (Å²) in [5.74, 6) is 0.0811. The lowest BCUT2D eigenvalue weighted by Gasteiger charge is -2.19. The normalized spacial score (nSPS) is 15.4. The number of amides is 2. The molecule has 8 heteroatoms. The summed E-state index contributed by atoms with van der Waals surface area (Å²) in [6.45, 7) is 5.92. The van der Waals surface area contributed by atoms with Crippen LogP contribution in [0, 0.1) is 0 Å². The molecule has 2 heterocycles. The molecule has 0 unspecified atom stereocenters. The number of carbonyl (C=O) groups is 2. The Bertz CT molecular complexity index is 1470. The fraction of sp³-hybridized carbons (Fsp3) is 0.259. The Labute approximate surface area is 211 Å². The highest BCUT2D eigenvalue weighted by Gasteiger charge is 2.35. The molecular formula is C27H26BrN3O4. The molecule has 3 aromatic carbocycles. The maximum absolute atomic E-state index is 13.6. The number of ether oxygens (including phenoxy) is 1. The number of aromatic hydroxyl groups is 1. The molecule has 2 amide bonds. The van der Waals surface area contributed by atoms with Gasteiger partial charge in [0.05, 0.1) is 5.69 Å². The molecule has 3 N–H and O–H groups in total. The van der Waals surface area contributed by atoms with Crippen LogP contribution in [0.15, 0.2) is 54.6 Å². The molecule has 7 nitrogen and oxygen atoms in total. The van der Waals surface area contributed by atoms with Gasteiger partial charge >= 0.3 is 6.09 Å². The quantitative estimate of drug-likeness (QED) is 0.260. The van der Waals surface area contributed by atoms with Crippen LogP contribution in [0.4, 0.5) is 16.2 Å². The molecule has 0 saturated heterocycles. The molecule has 1 aromatic heterocycles. The lowest BCUT2D eigenvalue weighted by atomic mass is 9.95. The number of phenolic OH excluding ortho intramolecular Hbond substituents is 1. The Hall–Kier alpha value is -3.52. The van der Waals surface area contributed by atoms with E-state index >= 15 is 0 Å². The lowest BCUT2D eigenvalue weighted by Crippen LogP contribution is -2.30. The average Bonchev–Trinajstić information content (AvgIpc) is 3.38. The van der Waals surface area contributed by atoms with Gasteiger partial charge in [-0.05, 0) is 56.0 Å². The fourth-order valence-corrected chi connectivity index (χ4v) is 5.17. The molecule has 0 saturated carbocycles. The smallest absolute Gasteiger partial charge is 0.412 e. The zero-order valence-electron chi connectivity index (χ0n) is 19.7. The van der Waals surface area contributed by atoms with E-state index in [9.17, 15) is 14.7 Å². The van der Waals surface area contributed by atoms with Gasteiger partial charge in [0, 0.05) is 45.8 Å². The van der Waals surface area contributed by atoms with E-state index in [0.29, 0.717) is 23.3 Å². The minimum absolute atomic E-state index is 0.105. The van der Waals surface area contributed by atoms with E-state index in [1.54, 1.807) is 49.9 Å². The van der Waals surface area contributed by atoms with Gasteiger partial charge < -0.3 is 19.7 Å². The maximum Gasteiger partial charge on any atom is 0.412 e. The average molecular weight is 536 g/mol. The van der Waals surface area contributed by atoms with Gasteiger partial charge in [0.25, 0.3) is 5.91 Å². The van der Waals surface area contributed by atoms with Crippen LogP contribution >= 0.6 is 15.9 Å². The second-order valence-electron chi connectivity index (χ2n) is 9.75. The van der Waals surface area contributed by atoms with E-state index in [2.05, 4.69) is 26.2 Å². The molecule has 5 rings (SSSR count). The highest BCUT2D eigenvalue weighted by atomic mass is 79.9. The number of halogens is 1. The summed E-state index contributed by atoms with van der Waals surface area (Å²) in [6, 6.07) is 16.5. The van der Waals surface area contributed by atoms with Crippen molar-refractivity contribution in [2.45, 2.75) is 32.3 Å². The minimum Gasteiger partial charge on any atom is -0.507 e. The van der Waals surface area contributed by atoms with Crippen molar-refractivity contribution in [1.29, 1.82) is 0 Å². The summed E-state index contributed by atoms with van der Waals surface area (Å²) in [5, 5.41) is 16.6. The molecular weight excluding hydrogens is 510 g/mol. The first kappa shape index (κ1) is 23.2. The largest absolute Gasteiger partial charge is 0.507 e. The summed E-state index contributed by atoms with van der Waals surface area (Å²) in [5.41, 5.74) is 2.97. The molecule has 0 spiro atoms. The van der Waals surface area contributed by atoms with Crippen LogP contribution in [0.3, 0.4) is 0 Å². The molecule has 0 fully saturated rings. The van der Waals surface area contributed by atoms with Crippen molar-refractivity contribution in [2.24, 2.45) is 0 Å². The van der Waals surface area contributed by atoms with Crippen LogP contribution in [-0.4, -0.2) is 39.6 Å². The van der Waals surface area contributed by atoms with E-state index in [1.807, 2.05) is 30.3 Å². The summed E-state index contributed by atoms with van der Waals surface area (Å²) in [6.07, 6.45) is -0.537. The van der Waals surface area contributed by atoms with Gasteiger partial charge in [-0.2, -0.15) is 0 Å². The van der Waals surface area contributed by atoms with Crippen LogP contribution in [0.25, 0.3) is 21.7 Å². The van der Waals surface area contributed by atoms with Crippen molar-refractivity contribution >= 4 is 61.0 Å². The van der Waals surface area contributed by atoms with Gasteiger partial charge in [0.15, 0.2) is 0 Å². The third-order valence-electron chi connectivity index (χ3n) is 6.07. The molecule has 4 aromatic rings. The number of alkyl halides is 1. The summed E-state index contributed by atoms with van der Waals surface area (Å²) in [7, 11) is 0. The maximum atomic E-state index is 13.6.